The fourth-order valence-corrected chi connectivity index (χ4v) is 16.5. The lowest BCUT2D eigenvalue weighted by Crippen LogP contribution is -2.55. The number of rotatable bonds is 6. The van der Waals surface area contributed by atoms with Gasteiger partial charge in [0.2, 0.25) is 0 Å². The van der Waals surface area contributed by atoms with Crippen molar-refractivity contribution in [1.29, 1.82) is 0 Å². The van der Waals surface area contributed by atoms with Gasteiger partial charge in [-0.2, -0.15) is 0 Å². The summed E-state index contributed by atoms with van der Waals surface area (Å²) in [6, 6.07) is 5.34. The maximum absolute atomic E-state index is 7.33. The van der Waals surface area contributed by atoms with Crippen molar-refractivity contribution in [3.8, 4) is 5.75 Å². The summed E-state index contributed by atoms with van der Waals surface area (Å²) in [4.78, 5) is 0. The first-order valence-corrected chi connectivity index (χ1v) is 20.1. The number of ether oxygens (including phenoxy) is 2. The van der Waals surface area contributed by atoms with Crippen molar-refractivity contribution in [1.82, 2.24) is 0 Å². The lowest BCUT2D eigenvalue weighted by atomic mass is 9.41. The average molecular weight is 609 g/mol. The Labute approximate surface area is 273 Å². The van der Waals surface area contributed by atoms with E-state index in [9.17, 15) is 0 Å². The molecule has 2 heteroatoms. The Morgan fingerprint density at radius 2 is 0.911 bits per heavy atom. The lowest BCUT2D eigenvalue weighted by molar-refractivity contribution is -0.0253. The number of hydrogen-bond donors (Lipinski definition) is 0. The molecule has 12 saturated carbocycles. The van der Waals surface area contributed by atoms with Gasteiger partial charge >= 0.3 is 0 Å². The summed E-state index contributed by atoms with van der Waals surface area (Å²) in [6.45, 7) is 8.67. The second kappa shape index (κ2) is 8.95. The Morgan fingerprint density at radius 3 is 1.27 bits per heavy atom. The van der Waals surface area contributed by atoms with E-state index in [4.69, 9.17) is 9.47 Å². The molecule has 244 valence electrons. The first-order chi connectivity index (χ1) is 21.6. The zero-order valence-corrected chi connectivity index (χ0v) is 28.8. The Bertz CT molecular complexity index is 1300. The zero-order valence-electron chi connectivity index (χ0n) is 28.8. The van der Waals surface area contributed by atoms with Crippen molar-refractivity contribution in [2.24, 2.45) is 58.7 Å². The smallest absolute Gasteiger partial charge is 0.130 e. The average Bonchev–Trinajstić information content (AvgIpc) is 3.75. The molecule has 2 nitrogen and oxygen atoms in total. The second-order valence-electron chi connectivity index (χ2n) is 21.3. The van der Waals surface area contributed by atoms with Crippen LogP contribution in [0.4, 0.5) is 0 Å². The largest absolute Gasteiger partial charge is 0.490 e. The van der Waals surface area contributed by atoms with Crippen LogP contribution in [0.15, 0.2) is 12.1 Å². The quantitative estimate of drug-likeness (QED) is 0.300. The van der Waals surface area contributed by atoms with Gasteiger partial charge in [-0.05, 0) is 202 Å². The molecule has 1 aliphatic heterocycles. The molecule has 12 bridgehead atoms. The van der Waals surface area contributed by atoms with Crippen molar-refractivity contribution in [3.05, 3.63) is 28.8 Å². The van der Waals surface area contributed by atoms with Crippen molar-refractivity contribution in [2.75, 3.05) is 13.2 Å². The molecule has 45 heavy (non-hydrogen) atoms. The summed E-state index contributed by atoms with van der Waals surface area (Å²) in [5.41, 5.74) is 6.95. The van der Waals surface area contributed by atoms with E-state index in [0.29, 0.717) is 16.2 Å². The SMILES string of the molecule is CC(C)(C)C1(COc2ccc(C34CC5CC(CC(C5)C3)C4)c(C34CC5CC(CC(C5)C3)C4)c2C23CC4CC(CC(C4)C2)C3)CO1. The molecule has 0 amide bonds. The molecular formula is C43H60O2. The van der Waals surface area contributed by atoms with Gasteiger partial charge in [0.05, 0.1) is 6.61 Å². The van der Waals surface area contributed by atoms with Crippen LogP contribution in [0.2, 0.25) is 0 Å². The number of benzene rings is 1. The van der Waals surface area contributed by atoms with Crippen LogP contribution in [0, 0.1) is 58.7 Å². The summed E-state index contributed by atoms with van der Waals surface area (Å²) < 4.78 is 13.6. The van der Waals surface area contributed by atoms with Gasteiger partial charge in [0.25, 0.3) is 0 Å². The highest BCUT2D eigenvalue weighted by Crippen LogP contribution is 2.70. The Morgan fingerprint density at radius 1 is 0.556 bits per heavy atom. The van der Waals surface area contributed by atoms with Crippen LogP contribution in [0.5, 0.6) is 5.75 Å². The third kappa shape index (κ3) is 3.96. The predicted octanol–water partition coefficient (Wildman–Crippen LogP) is 10.3. The summed E-state index contributed by atoms with van der Waals surface area (Å²) in [5.74, 6) is 10.2. The molecule has 1 unspecified atom stereocenters. The van der Waals surface area contributed by atoms with Crippen LogP contribution in [0.25, 0.3) is 0 Å². The standard InChI is InChI=1S/C43H60O2/c1-39(2,3)43(25-45-43)24-44-36-5-4-35(40-15-26-6-27(16-40)8-28(7-26)17-40)37(41-18-29-9-30(19-41)11-31(10-29)20-41)38(36)42-21-32-12-33(22-42)14-34(13-32)23-42/h4-5,26-34H,6-25H2,1-3H3. The summed E-state index contributed by atoms with van der Waals surface area (Å²) in [5, 5.41) is 0. The van der Waals surface area contributed by atoms with Crippen LogP contribution in [0.3, 0.4) is 0 Å². The molecule has 0 N–H and O–H groups in total. The third-order valence-electron chi connectivity index (χ3n) is 17.2. The number of epoxide rings is 1. The van der Waals surface area contributed by atoms with Gasteiger partial charge in [0.15, 0.2) is 0 Å². The van der Waals surface area contributed by atoms with E-state index < -0.39 is 0 Å². The highest BCUT2D eigenvalue weighted by molar-refractivity contribution is 5.58. The number of hydrogen-bond acceptors (Lipinski definition) is 2. The van der Waals surface area contributed by atoms with Gasteiger partial charge in [-0.1, -0.05) is 26.8 Å². The minimum absolute atomic E-state index is 0.107. The van der Waals surface area contributed by atoms with Crippen molar-refractivity contribution < 1.29 is 9.47 Å². The Hall–Kier alpha value is -1.02. The van der Waals surface area contributed by atoms with Crippen molar-refractivity contribution in [3.63, 3.8) is 0 Å². The van der Waals surface area contributed by atoms with Crippen LogP contribution in [-0.4, -0.2) is 18.8 Å². The lowest BCUT2D eigenvalue weighted by Gasteiger charge is -2.63. The van der Waals surface area contributed by atoms with Crippen LogP contribution >= 0.6 is 0 Å². The first kappa shape index (κ1) is 27.9. The van der Waals surface area contributed by atoms with Crippen LogP contribution in [-0.2, 0) is 21.0 Å². The molecule has 0 spiro atoms. The van der Waals surface area contributed by atoms with Crippen molar-refractivity contribution in [2.45, 2.75) is 158 Å². The monoisotopic (exact) mass is 608 g/mol. The fourth-order valence-electron chi connectivity index (χ4n) is 16.5. The normalized spacial score (nSPS) is 53.0. The molecule has 1 atom stereocenters. The minimum atomic E-state index is -0.120. The van der Waals surface area contributed by atoms with Crippen LogP contribution < -0.4 is 4.74 Å². The van der Waals surface area contributed by atoms with Gasteiger partial charge < -0.3 is 9.47 Å². The van der Waals surface area contributed by atoms with E-state index in [1.807, 2.05) is 16.7 Å². The highest BCUT2D eigenvalue weighted by atomic mass is 16.6. The van der Waals surface area contributed by atoms with E-state index >= 15 is 0 Å². The molecule has 13 aliphatic rings. The highest BCUT2D eigenvalue weighted by Gasteiger charge is 2.61. The molecule has 13 fully saturated rings. The third-order valence-corrected chi connectivity index (χ3v) is 17.2. The fraction of sp³-hybridized carbons (Fsp3) is 0.860. The first-order valence-electron chi connectivity index (χ1n) is 20.1. The van der Waals surface area contributed by atoms with Gasteiger partial charge in [-0.15, -0.1) is 0 Å². The molecule has 0 aromatic heterocycles. The Balaban J connectivity index is 1.13. The van der Waals surface area contributed by atoms with Gasteiger partial charge in [-0.25, -0.2) is 0 Å². The summed E-state index contributed by atoms with van der Waals surface area (Å²) in [6.07, 6.45) is 27.2. The minimum Gasteiger partial charge on any atom is -0.490 e. The van der Waals surface area contributed by atoms with E-state index in [-0.39, 0.29) is 11.0 Å². The van der Waals surface area contributed by atoms with Crippen molar-refractivity contribution >= 4 is 0 Å². The molecular weight excluding hydrogens is 548 g/mol. The van der Waals surface area contributed by atoms with E-state index in [2.05, 4.69) is 32.9 Å². The zero-order chi connectivity index (χ0) is 30.0. The van der Waals surface area contributed by atoms with E-state index in [1.165, 1.54) is 82.8 Å². The molecule has 1 aromatic carbocycles. The van der Waals surface area contributed by atoms with Crippen LogP contribution in [0.1, 0.15) is 153 Å². The maximum atomic E-state index is 7.33. The van der Waals surface area contributed by atoms with Gasteiger partial charge in [-0.3, -0.25) is 0 Å². The maximum Gasteiger partial charge on any atom is 0.130 e. The van der Waals surface area contributed by atoms with Gasteiger partial charge in [0.1, 0.15) is 18.0 Å². The second-order valence-corrected chi connectivity index (χ2v) is 21.3. The molecule has 14 rings (SSSR count). The summed E-state index contributed by atoms with van der Waals surface area (Å²) in [7, 11) is 0. The van der Waals surface area contributed by atoms with E-state index in [1.54, 1.807) is 38.5 Å². The topological polar surface area (TPSA) is 21.8 Å². The molecule has 12 aliphatic carbocycles. The molecule has 0 radical (unpaired) electrons. The summed E-state index contributed by atoms with van der Waals surface area (Å²) >= 11 is 0. The van der Waals surface area contributed by atoms with Gasteiger partial charge in [0, 0.05) is 11.0 Å². The molecule has 1 heterocycles. The predicted molar refractivity (Wildman–Crippen MR) is 180 cm³/mol. The van der Waals surface area contributed by atoms with E-state index in [0.717, 1.165) is 66.5 Å². The molecule has 1 aromatic rings. The Kier molecular flexibility index (Phi) is 5.55. The molecule has 1 saturated heterocycles.